The molecule has 0 bridgehead atoms. The van der Waals surface area contributed by atoms with Crippen LogP contribution in [0.25, 0.3) is 0 Å². The first kappa shape index (κ1) is 14.7. The molecule has 3 nitrogen and oxygen atoms in total. The van der Waals surface area contributed by atoms with Crippen molar-refractivity contribution in [1.29, 1.82) is 0 Å². The fourth-order valence-electron chi connectivity index (χ4n) is 1.65. The molecule has 0 unspecified atom stereocenters. The lowest BCUT2D eigenvalue weighted by Crippen LogP contribution is -2.19. The molecule has 2 aromatic carbocycles. The molecule has 0 aliphatic heterocycles. The van der Waals surface area contributed by atoms with Gasteiger partial charge in [0, 0.05) is 11.6 Å². The highest BCUT2D eigenvalue weighted by atomic mass is 35.5. The van der Waals surface area contributed by atoms with Crippen LogP contribution in [-0.4, -0.2) is 32.1 Å². The minimum atomic E-state index is 0.614. The maximum absolute atomic E-state index is 5.95. The molecule has 0 N–H and O–H groups in total. The Hall–Kier alpha value is -1.71. The van der Waals surface area contributed by atoms with Gasteiger partial charge in [0.05, 0.1) is 0 Å². The number of halogens is 1. The van der Waals surface area contributed by atoms with Crippen LogP contribution in [0.15, 0.2) is 48.5 Å². The fourth-order valence-corrected chi connectivity index (χ4v) is 1.83. The van der Waals surface area contributed by atoms with Crippen LogP contribution < -0.4 is 9.47 Å². The SMILES string of the molecule is CN(C)CCOc1ccccc1Oc1cccc(Cl)c1. The minimum Gasteiger partial charge on any atom is -0.488 e. The molecule has 0 amide bonds. The lowest BCUT2D eigenvalue weighted by atomic mass is 10.3. The molecule has 2 rings (SSSR count). The number of hydrogen-bond acceptors (Lipinski definition) is 3. The van der Waals surface area contributed by atoms with Gasteiger partial charge in [0.2, 0.25) is 0 Å². The predicted molar refractivity (Wildman–Crippen MR) is 82.0 cm³/mol. The predicted octanol–water partition coefficient (Wildman–Crippen LogP) is 4.07. The summed E-state index contributed by atoms with van der Waals surface area (Å²) in [6.07, 6.45) is 0. The molecule has 4 heteroatoms. The second-order valence-corrected chi connectivity index (χ2v) is 5.09. The fraction of sp³-hybridized carbons (Fsp3) is 0.250. The Morgan fingerprint density at radius 2 is 1.75 bits per heavy atom. The first-order valence-electron chi connectivity index (χ1n) is 6.45. The molecule has 0 spiro atoms. The summed E-state index contributed by atoms with van der Waals surface area (Å²) >= 11 is 5.95. The maximum atomic E-state index is 5.95. The summed E-state index contributed by atoms with van der Waals surface area (Å²) in [6.45, 7) is 1.47. The third-order valence-electron chi connectivity index (χ3n) is 2.67. The van der Waals surface area contributed by atoms with Crippen molar-refractivity contribution in [3.63, 3.8) is 0 Å². The quantitative estimate of drug-likeness (QED) is 0.801. The van der Waals surface area contributed by atoms with E-state index in [9.17, 15) is 0 Å². The molecule has 0 radical (unpaired) electrons. The van der Waals surface area contributed by atoms with Gasteiger partial charge in [0.1, 0.15) is 12.4 Å². The minimum absolute atomic E-state index is 0.614. The average molecular weight is 292 g/mol. The summed E-state index contributed by atoms with van der Waals surface area (Å²) in [5.41, 5.74) is 0. The number of hydrogen-bond donors (Lipinski definition) is 0. The molecule has 0 atom stereocenters. The van der Waals surface area contributed by atoms with Crippen LogP contribution in [0.1, 0.15) is 0 Å². The summed E-state index contributed by atoms with van der Waals surface area (Å²) in [6, 6.07) is 14.9. The number of ether oxygens (including phenoxy) is 2. The second-order valence-electron chi connectivity index (χ2n) is 4.66. The summed E-state index contributed by atoms with van der Waals surface area (Å²) in [5.74, 6) is 2.11. The van der Waals surface area contributed by atoms with Crippen LogP contribution in [0.4, 0.5) is 0 Å². The van der Waals surface area contributed by atoms with Gasteiger partial charge >= 0.3 is 0 Å². The van der Waals surface area contributed by atoms with Gasteiger partial charge in [-0.3, -0.25) is 0 Å². The molecule has 20 heavy (non-hydrogen) atoms. The highest BCUT2D eigenvalue weighted by Gasteiger charge is 2.06. The van der Waals surface area contributed by atoms with E-state index < -0.39 is 0 Å². The molecule has 0 heterocycles. The first-order valence-corrected chi connectivity index (χ1v) is 6.83. The molecule has 0 aliphatic rings. The second kappa shape index (κ2) is 7.17. The van der Waals surface area contributed by atoms with E-state index in [2.05, 4.69) is 4.90 Å². The third-order valence-corrected chi connectivity index (χ3v) is 2.90. The zero-order valence-electron chi connectivity index (χ0n) is 11.7. The molecule has 0 aromatic heterocycles. The molecule has 2 aromatic rings. The van der Waals surface area contributed by atoms with Gasteiger partial charge in [0.25, 0.3) is 0 Å². The van der Waals surface area contributed by atoms with E-state index in [-0.39, 0.29) is 0 Å². The van der Waals surface area contributed by atoms with Crippen LogP contribution in [0.3, 0.4) is 0 Å². The van der Waals surface area contributed by atoms with E-state index in [0.29, 0.717) is 23.1 Å². The molecule has 106 valence electrons. The van der Waals surface area contributed by atoms with Crippen molar-refractivity contribution < 1.29 is 9.47 Å². The van der Waals surface area contributed by atoms with Crippen LogP contribution >= 0.6 is 11.6 Å². The molecule has 0 aliphatic carbocycles. The summed E-state index contributed by atoms with van der Waals surface area (Å²) in [7, 11) is 4.02. The Morgan fingerprint density at radius 3 is 2.45 bits per heavy atom. The Kier molecular flexibility index (Phi) is 5.27. The molecule has 0 fully saturated rings. The highest BCUT2D eigenvalue weighted by Crippen LogP contribution is 2.32. The highest BCUT2D eigenvalue weighted by molar-refractivity contribution is 6.30. The summed E-state index contributed by atoms with van der Waals surface area (Å²) in [5, 5.41) is 0.647. The lowest BCUT2D eigenvalue weighted by Gasteiger charge is -2.14. The van der Waals surface area contributed by atoms with Gasteiger partial charge < -0.3 is 14.4 Å². The van der Waals surface area contributed by atoms with Crippen molar-refractivity contribution in [3.8, 4) is 17.2 Å². The zero-order chi connectivity index (χ0) is 14.4. The van der Waals surface area contributed by atoms with Crippen molar-refractivity contribution in [2.45, 2.75) is 0 Å². The van der Waals surface area contributed by atoms with E-state index >= 15 is 0 Å². The van der Waals surface area contributed by atoms with Gasteiger partial charge in [-0.15, -0.1) is 0 Å². The number of para-hydroxylation sites is 2. The van der Waals surface area contributed by atoms with Gasteiger partial charge in [0.15, 0.2) is 11.5 Å². The summed E-state index contributed by atoms with van der Waals surface area (Å²) in [4.78, 5) is 2.07. The van der Waals surface area contributed by atoms with Crippen molar-refractivity contribution in [2.24, 2.45) is 0 Å². The monoisotopic (exact) mass is 291 g/mol. The van der Waals surface area contributed by atoms with E-state index in [1.165, 1.54) is 0 Å². The Balaban J connectivity index is 2.07. The van der Waals surface area contributed by atoms with Crippen LogP contribution in [0.5, 0.6) is 17.2 Å². The van der Waals surface area contributed by atoms with Gasteiger partial charge in [-0.2, -0.15) is 0 Å². The van der Waals surface area contributed by atoms with Crippen molar-refractivity contribution in [3.05, 3.63) is 53.6 Å². The Labute approximate surface area is 124 Å². The van der Waals surface area contributed by atoms with Gasteiger partial charge in [-0.25, -0.2) is 0 Å². The van der Waals surface area contributed by atoms with Crippen LogP contribution in [-0.2, 0) is 0 Å². The van der Waals surface area contributed by atoms with Gasteiger partial charge in [-0.05, 0) is 44.4 Å². The normalized spacial score (nSPS) is 10.6. The van der Waals surface area contributed by atoms with Crippen LogP contribution in [0.2, 0.25) is 5.02 Å². The van der Waals surface area contributed by atoms with Gasteiger partial charge in [-0.1, -0.05) is 29.8 Å². The van der Waals surface area contributed by atoms with Crippen molar-refractivity contribution in [2.75, 3.05) is 27.2 Å². The van der Waals surface area contributed by atoms with E-state index in [1.54, 1.807) is 6.07 Å². The molecular formula is C16H18ClNO2. The third kappa shape index (κ3) is 4.44. The molecule has 0 saturated carbocycles. The van der Waals surface area contributed by atoms with Crippen molar-refractivity contribution in [1.82, 2.24) is 4.90 Å². The topological polar surface area (TPSA) is 21.7 Å². The van der Waals surface area contributed by atoms with E-state index in [4.69, 9.17) is 21.1 Å². The lowest BCUT2D eigenvalue weighted by molar-refractivity contribution is 0.254. The van der Waals surface area contributed by atoms with Crippen molar-refractivity contribution >= 4 is 11.6 Å². The molecular weight excluding hydrogens is 274 g/mol. The summed E-state index contributed by atoms with van der Waals surface area (Å²) < 4.78 is 11.6. The Morgan fingerprint density at radius 1 is 1.00 bits per heavy atom. The van der Waals surface area contributed by atoms with E-state index in [0.717, 1.165) is 12.3 Å². The first-order chi connectivity index (χ1) is 9.65. The van der Waals surface area contributed by atoms with Crippen LogP contribution in [0, 0.1) is 0 Å². The largest absolute Gasteiger partial charge is 0.488 e. The number of likely N-dealkylation sites (N-methyl/N-ethyl adjacent to an activating group) is 1. The number of rotatable bonds is 6. The zero-order valence-corrected chi connectivity index (χ0v) is 12.4. The number of benzene rings is 2. The average Bonchev–Trinajstić information content (AvgIpc) is 2.40. The standard InChI is InChI=1S/C16H18ClNO2/c1-18(2)10-11-19-15-8-3-4-9-16(15)20-14-7-5-6-13(17)12-14/h3-9,12H,10-11H2,1-2H3. The Bertz CT molecular complexity index is 558. The number of nitrogens with zero attached hydrogens (tertiary/aromatic N) is 1. The smallest absolute Gasteiger partial charge is 0.169 e. The maximum Gasteiger partial charge on any atom is 0.169 e. The molecule has 0 saturated heterocycles. The van der Waals surface area contributed by atoms with E-state index in [1.807, 2.05) is 56.6 Å².